The summed E-state index contributed by atoms with van der Waals surface area (Å²) in [4.78, 5) is 4.40. The summed E-state index contributed by atoms with van der Waals surface area (Å²) in [6.45, 7) is 0. The fourth-order valence-electron chi connectivity index (χ4n) is 2.09. The number of nitrogens with zero attached hydrogens (tertiary/aromatic N) is 1. The van der Waals surface area contributed by atoms with Crippen molar-refractivity contribution in [3.8, 4) is 0 Å². The van der Waals surface area contributed by atoms with Gasteiger partial charge < -0.3 is 0 Å². The predicted octanol–water partition coefficient (Wildman–Crippen LogP) is 4.56. The third-order valence-electron chi connectivity index (χ3n) is 3.07. The zero-order valence-electron chi connectivity index (χ0n) is 11.1. The van der Waals surface area contributed by atoms with Gasteiger partial charge in [-0.1, -0.05) is 22.0 Å². The summed E-state index contributed by atoms with van der Waals surface area (Å²) in [5.74, 6) is 0. The van der Waals surface area contributed by atoms with Crippen LogP contribution >= 0.6 is 31.9 Å². The van der Waals surface area contributed by atoms with Gasteiger partial charge in [0.2, 0.25) is 0 Å². The maximum absolute atomic E-state index is 12.6. The van der Waals surface area contributed by atoms with Crippen LogP contribution in [0.25, 0.3) is 10.9 Å². The number of pyridine rings is 1. The van der Waals surface area contributed by atoms with Crippen LogP contribution in [-0.2, 0) is 10.0 Å². The highest BCUT2D eigenvalue weighted by atomic mass is 79.9. The molecule has 1 aromatic heterocycles. The number of halogens is 2. The van der Waals surface area contributed by atoms with Crippen LogP contribution in [-0.4, -0.2) is 13.4 Å². The molecular formula is C15H10Br2N2O2S. The fraction of sp³-hybridized carbons (Fsp3) is 0. The Bertz CT molecular complexity index is 953. The molecule has 0 amide bonds. The minimum atomic E-state index is -3.70. The molecule has 0 aliphatic heterocycles. The van der Waals surface area contributed by atoms with Crippen LogP contribution in [0, 0.1) is 0 Å². The Kier molecular flexibility index (Phi) is 4.20. The van der Waals surface area contributed by atoms with Gasteiger partial charge in [0.25, 0.3) is 10.0 Å². The van der Waals surface area contributed by atoms with Crippen molar-refractivity contribution in [2.24, 2.45) is 0 Å². The number of aromatic nitrogens is 1. The third kappa shape index (κ3) is 3.02. The Labute approximate surface area is 144 Å². The van der Waals surface area contributed by atoms with Gasteiger partial charge in [-0.25, -0.2) is 8.42 Å². The van der Waals surface area contributed by atoms with Crippen LogP contribution in [0.3, 0.4) is 0 Å². The second kappa shape index (κ2) is 5.98. The van der Waals surface area contributed by atoms with Gasteiger partial charge in [-0.3, -0.25) is 9.71 Å². The number of nitrogens with one attached hydrogen (secondary N) is 1. The average Bonchev–Trinajstić information content (AvgIpc) is 2.47. The van der Waals surface area contributed by atoms with Gasteiger partial charge in [-0.15, -0.1) is 0 Å². The van der Waals surface area contributed by atoms with Gasteiger partial charge in [0.05, 0.1) is 11.2 Å². The minimum absolute atomic E-state index is 0.177. The highest BCUT2D eigenvalue weighted by Gasteiger charge is 2.18. The lowest BCUT2D eigenvalue weighted by Gasteiger charge is -2.11. The van der Waals surface area contributed by atoms with E-state index < -0.39 is 10.0 Å². The molecule has 0 fully saturated rings. The van der Waals surface area contributed by atoms with E-state index in [-0.39, 0.29) is 4.90 Å². The summed E-state index contributed by atoms with van der Waals surface area (Å²) in [5, 5.41) is 0.752. The minimum Gasteiger partial charge on any atom is -0.279 e. The van der Waals surface area contributed by atoms with Crippen molar-refractivity contribution in [1.29, 1.82) is 0 Å². The van der Waals surface area contributed by atoms with Crippen molar-refractivity contribution in [2.75, 3.05) is 4.72 Å². The van der Waals surface area contributed by atoms with E-state index in [0.29, 0.717) is 10.2 Å². The molecule has 0 bridgehead atoms. The van der Waals surface area contributed by atoms with E-state index in [0.717, 1.165) is 15.4 Å². The zero-order chi connectivity index (χ0) is 15.7. The number of anilines is 1. The van der Waals surface area contributed by atoms with Gasteiger partial charge in [0.15, 0.2) is 0 Å². The first-order chi connectivity index (χ1) is 10.5. The average molecular weight is 442 g/mol. The first kappa shape index (κ1) is 15.5. The Balaban J connectivity index is 2.07. The predicted molar refractivity (Wildman–Crippen MR) is 94.4 cm³/mol. The molecule has 0 atom stereocenters. The van der Waals surface area contributed by atoms with Crippen molar-refractivity contribution in [2.45, 2.75) is 4.90 Å². The fourth-order valence-corrected chi connectivity index (χ4v) is 4.91. The highest BCUT2D eigenvalue weighted by molar-refractivity contribution is 9.11. The molecule has 4 nitrogen and oxygen atoms in total. The Morgan fingerprint density at radius 2 is 1.82 bits per heavy atom. The van der Waals surface area contributed by atoms with Crippen molar-refractivity contribution < 1.29 is 8.42 Å². The summed E-state index contributed by atoms with van der Waals surface area (Å²) in [6, 6.07) is 13.8. The first-order valence-electron chi connectivity index (χ1n) is 6.29. The lowest BCUT2D eigenvalue weighted by Crippen LogP contribution is -2.13. The number of hydrogen-bond acceptors (Lipinski definition) is 3. The molecule has 1 heterocycles. The molecule has 2 aromatic carbocycles. The van der Waals surface area contributed by atoms with Crippen LogP contribution in [0.5, 0.6) is 0 Å². The van der Waals surface area contributed by atoms with Crippen LogP contribution in [0.15, 0.2) is 68.6 Å². The standard InChI is InChI=1S/C15H10Br2N2O2S/c16-10-6-7-15(12(17)9-10)22(20,21)19-14-5-1-4-13-11(14)3-2-8-18-13/h1-9,19H. The maximum Gasteiger partial charge on any atom is 0.263 e. The number of hydrogen-bond donors (Lipinski definition) is 1. The smallest absolute Gasteiger partial charge is 0.263 e. The van der Waals surface area contributed by atoms with E-state index in [4.69, 9.17) is 0 Å². The van der Waals surface area contributed by atoms with E-state index in [1.165, 1.54) is 0 Å². The molecule has 112 valence electrons. The molecule has 0 unspecified atom stereocenters. The van der Waals surface area contributed by atoms with Gasteiger partial charge >= 0.3 is 0 Å². The molecule has 1 N–H and O–H groups in total. The largest absolute Gasteiger partial charge is 0.279 e. The molecule has 22 heavy (non-hydrogen) atoms. The van der Waals surface area contributed by atoms with Crippen molar-refractivity contribution in [3.63, 3.8) is 0 Å². The van der Waals surface area contributed by atoms with Crippen molar-refractivity contribution >= 4 is 58.5 Å². The summed E-state index contributed by atoms with van der Waals surface area (Å²) in [5.41, 5.74) is 1.23. The van der Waals surface area contributed by atoms with Crippen LogP contribution in [0.4, 0.5) is 5.69 Å². The molecule has 0 radical (unpaired) electrons. The normalized spacial score (nSPS) is 11.5. The number of fused-ring (bicyclic) bond motifs is 1. The molecule has 0 spiro atoms. The SMILES string of the molecule is O=S(=O)(Nc1cccc2ncccc12)c1ccc(Br)cc1Br. The molecular weight excluding hydrogens is 432 g/mol. The van der Waals surface area contributed by atoms with Gasteiger partial charge in [0.1, 0.15) is 4.90 Å². The molecule has 0 aliphatic rings. The second-order valence-electron chi connectivity index (χ2n) is 4.56. The summed E-state index contributed by atoms with van der Waals surface area (Å²) < 4.78 is 29.1. The van der Waals surface area contributed by atoms with Crippen molar-refractivity contribution in [3.05, 3.63) is 63.7 Å². The summed E-state index contributed by atoms with van der Waals surface area (Å²) in [6.07, 6.45) is 1.67. The number of sulfonamides is 1. The van der Waals surface area contributed by atoms with E-state index >= 15 is 0 Å². The number of rotatable bonds is 3. The van der Waals surface area contributed by atoms with Crippen LogP contribution in [0.2, 0.25) is 0 Å². The van der Waals surface area contributed by atoms with Gasteiger partial charge in [-0.05, 0) is 58.4 Å². The quantitative estimate of drug-likeness (QED) is 0.647. The maximum atomic E-state index is 12.6. The topological polar surface area (TPSA) is 59.1 Å². The van der Waals surface area contributed by atoms with E-state index in [9.17, 15) is 8.42 Å². The molecule has 0 aliphatic carbocycles. The molecule has 3 aromatic rings. The summed E-state index contributed by atoms with van der Waals surface area (Å²) >= 11 is 6.59. The van der Waals surface area contributed by atoms with E-state index in [1.807, 2.05) is 12.1 Å². The molecule has 3 rings (SSSR count). The van der Waals surface area contributed by atoms with E-state index in [1.54, 1.807) is 42.6 Å². The van der Waals surface area contributed by atoms with Gasteiger partial charge in [-0.2, -0.15) is 0 Å². The monoisotopic (exact) mass is 440 g/mol. The Hall–Kier alpha value is -1.44. The van der Waals surface area contributed by atoms with Crippen molar-refractivity contribution in [1.82, 2.24) is 4.98 Å². The molecule has 0 saturated carbocycles. The van der Waals surface area contributed by atoms with Crippen LogP contribution in [0.1, 0.15) is 0 Å². The Morgan fingerprint density at radius 3 is 2.59 bits per heavy atom. The Morgan fingerprint density at radius 1 is 1.00 bits per heavy atom. The molecule has 7 heteroatoms. The summed E-state index contributed by atoms with van der Waals surface area (Å²) in [7, 11) is -3.70. The second-order valence-corrected chi connectivity index (χ2v) is 7.98. The number of benzene rings is 2. The highest BCUT2D eigenvalue weighted by Crippen LogP contribution is 2.29. The van der Waals surface area contributed by atoms with Gasteiger partial charge in [0, 0.05) is 20.5 Å². The molecule has 0 saturated heterocycles. The van der Waals surface area contributed by atoms with E-state index in [2.05, 4.69) is 41.6 Å². The lowest BCUT2D eigenvalue weighted by molar-refractivity contribution is 0.601. The lowest BCUT2D eigenvalue weighted by atomic mass is 10.2. The first-order valence-corrected chi connectivity index (χ1v) is 9.36. The zero-order valence-corrected chi connectivity index (χ0v) is 15.1. The third-order valence-corrected chi connectivity index (χ3v) is 5.91. The van der Waals surface area contributed by atoms with Crippen LogP contribution < -0.4 is 4.72 Å².